The van der Waals surface area contributed by atoms with Crippen LogP contribution in [0.2, 0.25) is 0 Å². The predicted molar refractivity (Wildman–Crippen MR) is 101 cm³/mol. The van der Waals surface area contributed by atoms with E-state index in [1.54, 1.807) is 6.92 Å². The van der Waals surface area contributed by atoms with Crippen LogP contribution in [0.5, 0.6) is 0 Å². The number of carbonyl (C=O) groups is 2. The maximum atomic E-state index is 12.5. The van der Waals surface area contributed by atoms with Crippen LogP contribution < -0.4 is 5.32 Å². The maximum absolute atomic E-state index is 12.5. The number of hydrogen-bond donors (Lipinski definition) is 1. The van der Waals surface area contributed by atoms with Crippen LogP contribution in [0.3, 0.4) is 0 Å². The number of methoxy groups -OCH3 is 1. The van der Waals surface area contributed by atoms with Crippen LogP contribution in [0.4, 0.5) is 5.13 Å². The summed E-state index contributed by atoms with van der Waals surface area (Å²) >= 11 is 1.02. The molecule has 1 fully saturated rings. The first-order valence-corrected chi connectivity index (χ1v) is 10.6. The Balaban J connectivity index is 1.74. The molecule has 0 spiro atoms. The minimum atomic E-state index is -3.51. The van der Waals surface area contributed by atoms with Crippen LogP contribution >= 0.6 is 11.3 Å². The molecule has 10 heteroatoms. The second kappa shape index (κ2) is 7.75. The molecule has 1 saturated heterocycles. The van der Waals surface area contributed by atoms with E-state index in [2.05, 4.69) is 15.0 Å². The van der Waals surface area contributed by atoms with Gasteiger partial charge in [0, 0.05) is 18.7 Å². The van der Waals surface area contributed by atoms with Gasteiger partial charge in [-0.05, 0) is 44.0 Å². The van der Waals surface area contributed by atoms with Crippen LogP contribution in [0, 0.1) is 6.92 Å². The molecular weight excluding hydrogens is 390 g/mol. The number of nitrogens with zero attached hydrogens (tertiary/aromatic N) is 2. The zero-order valence-electron chi connectivity index (χ0n) is 14.9. The van der Waals surface area contributed by atoms with Gasteiger partial charge in [-0.3, -0.25) is 10.1 Å². The number of sulfonamides is 1. The number of anilines is 1. The first kappa shape index (κ1) is 19.5. The van der Waals surface area contributed by atoms with Crippen molar-refractivity contribution in [3.05, 3.63) is 40.4 Å². The van der Waals surface area contributed by atoms with Gasteiger partial charge >= 0.3 is 5.97 Å². The first-order valence-electron chi connectivity index (χ1n) is 8.30. The van der Waals surface area contributed by atoms with Crippen molar-refractivity contribution in [2.45, 2.75) is 24.7 Å². The second-order valence-corrected chi connectivity index (χ2v) is 8.95. The Morgan fingerprint density at radius 1 is 1.19 bits per heavy atom. The number of thiazole rings is 1. The number of aryl methyl sites for hydroxylation is 1. The number of aromatic nitrogens is 1. The van der Waals surface area contributed by atoms with Crippen LogP contribution in [-0.4, -0.2) is 49.8 Å². The molecule has 3 rings (SSSR count). The molecule has 1 aromatic carbocycles. The highest BCUT2D eigenvalue weighted by Gasteiger charge is 2.27. The van der Waals surface area contributed by atoms with Gasteiger partial charge in [0.15, 0.2) is 5.13 Å². The Bertz CT molecular complexity index is 961. The van der Waals surface area contributed by atoms with Gasteiger partial charge in [-0.2, -0.15) is 4.31 Å². The van der Waals surface area contributed by atoms with Crippen molar-refractivity contribution >= 4 is 38.4 Å². The Kier molecular flexibility index (Phi) is 5.59. The zero-order valence-corrected chi connectivity index (χ0v) is 16.5. The smallest absolute Gasteiger partial charge is 0.350 e. The second-order valence-electron chi connectivity index (χ2n) is 6.01. The summed E-state index contributed by atoms with van der Waals surface area (Å²) in [5.41, 5.74) is 0.761. The van der Waals surface area contributed by atoms with Crippen LogP contribution in [0.15, 0.2) is 29.2 Å². The molecule has 0 radical (unpaired) electrons. The summed E-state index contributed by atoms with van der Waals surface area (Å²) in [5, 5.41) is 2.88. The SMILES string of the molecule is COC(=O)c1sc(NC(=O)c2ccc(S(=O)(=O)N3CCCC3)cc2)nc1C. The van der Waals surface area contributed by atoms with Gasteiger partial charge in [0.25, 0.3) is 5.91 Å². The molecule has 0 atom stereocenters. The number of carbonyl (C=O) groups excluding carboxylic acids is 2. The standard InChI is InChI=1S/C17H19N3O5S2/c1-11-14(16(22)25-2)26-17(18-11)19-15(21)12-5-7-13(8-6-12)27(23,24)20-9-3-4-10-20/h5-8H,3-4,9-10H2,1-2H3,(H,18,19,21). The topological polar surface area (TPSA) is 106 Å². The Labute approximate surface area is 161 Å². The van der Waals surface area contributed by atoms with E-state index in [-0.39, 0.29) is 10.0 Å². The molecule has 0 bridgehead atoms. The molecule has 1 N–H and O–H groups in total. The summed E-state index contributed by atoms with van der Waals surface area (Å²) in [6.07, 6.45) is 1.72. The van der Waals surface area contributed by atoms with E-state index in [9.17, 15) is 18.0 Å². The lowest BCUT2D eigenvalue weighted by molar-refractivity contribution is 0.0605. The van der Waals surface area contributed by atoms with E-state index in [1.807, 2.05) is 0 Å². The van der Waals surface area contributed by atoms with Crippen molar-refractivity contribution in [3.8, 4) is 0 Å². The quantitative estimate of drug-likeness (QED) is 0.760. The fraction of sp³-hybridized carbons (Fsp3) is 0.353. The summed E-state index contributed by atoms with van der Waals surface area (Å²) < 4.78 is 31.1. The zero-order chi connectivity index (χ0) is 19.6. The van der Waals surface area contributed by atoms with Gasteiger partial charge < -0.3 is 4.74 Å². The van der Waals surface area contributed by atoms with Crippen molar-refractivity contribution in [1.29, 1.82) is 0 Å². The maximum Gasteiger partial charge on any atom is 0.350 e. The van der Waals surface area contributed by atoms with E-state index < -0.39 is 21.9 Å². The minimum Gasteiger partial charge on any atom is -0.465 e. The van der Waals surface area contributed by atoms with E-state index in [0.29, 0.717) is 29.2 Å². The highest BCUT2D eigenvalue weighted by molar-refractivity contribution is 7.89. The van der Waals surface area contributed by atoms with Crippen molar-refractivity contribution in [2.75, 3.05) is 25.5 Å². The Morgan fingerprint density at radius 2 is 1.81 bits per heavy atom. The van der Waals surface area contributed by atoms with E-state index in [4.69, 9.17) is 0 Å². The van der Waals surface area contributed by atoms with E-state index >= 15 is 0 Å². The summed E-state index contributed by atoms with van der Waals surface area (Å²) in [4.78, 5) is 28.6. The van der Waals surface area contributed by atoms with Crippen molar-refractivity contribution in [3.63, 3.8) is 0 Å². The predicted octanol–water partition coefficient (Wildman–Crippen LogP) is 2.27. The minimum absolute atomic E-state index is 0.166. The third-order valence-corrected chi connectivity index (χ3v) is 7.17. The molecule has 0 unspecified atom stereocenters. The lowest BCUT2D eigenvalue weighted by Crippen LogP contribution is -2.27. The molecule has 2 heterocycles. The first-order chi connectivity index (χ1) is 12.8. The van der Waals surface area contributed by atoms with Crippen molar-refractivity contribution < 1.29 is 22.7 Å². The molecule has 27 heavy (non-hydrogen) atoms. The molecular formula is C17H19N3O5S2. The number of nitrogens with one attached hydrogen (secondary N) is 1. The molecule has 1 aromatic heterocycles. The van der Waals surface area contributed by atoms with Crippen LogP contribution in [0.1, 0.15) is 38.6 Å². The fourth-order valence-electron chi connectivity index (χ4n) is 2.76. The number of benzene rings is 1. The molecule has 144 valence electrons. The molecule has 8 nitrogen and oxygen atoms in total. The number of rotatable bonds is 5. The number of esters is 1. The van der Waals surface area contributed by atoms with Gasteiger partial charge in [0.2, 0.25) is 10.0 Å². The van der Waals surface area contributed by atoms with Gasteiger partial charge in [-0.15, -0.1) is 0 Å². The lowest BCUT2D eigenvalue weighted by Gasteiger charge is -2.15. The highest BCUT2D eigenvalue weighted by atomic mass is 32.2. The van der Waals surface area contributed by atoms with E-state index in [0.717, 1.165) is 24.2 Å². The molecule has 0 aliphatic carbocycles. The van der Waals surface area contributed by atoms with Gasteiger partial charge in [-0.1, -0.05) is 11.3 Å². The van der Waals surface area contributed by atoms with Gasteiger partial charge in [0.1, 0.15) is 4.88 Å². The molecule has 1 aliphatic heterocycles. The Hall–Kier alpha value is -2.30. The molecule has 1 amide bonds. The Morgan fingerprint density at radius 3 is 2.41 bits per heavy atom. The van der Waals surface area contributed by atoms with Crippen molar-refractivity contribution in [1.82, 2.24) is 9.29 Å². The average molecular weight is 409 g/mol. The van der Waals surface area contributed by atoms with Gasteiger partial charge in [0.05, 0.1) is 17.7 Å². The van der Waals surface area contributed by atoms with Gasteiger partial charge in [-0.25, -0.2) is 18.2 Å². The number of hydrogen-bond acceptors (Lipinski definition) is 7. The lowest BCUT2D eigenvalue weighted by atomic mass is 10.2. The number of ether oxygens (including phenoxy) is 1. The van der Waals surface area contributed by atoms with E-state index in [1.165, 1.54) is 35.7 Å². The summed E-state index contributed by atoms with van der Waals surface area (Å²) in [6.45, 7) is 2.70. The summed E-state index contributed by atoms with van der Waals surface area (Å²) in [6, 6.07) is 5.77. The van der Waals surface area contributed by atoms with Crippen molar-refractivity contribution in [2.24, 2.45) is 0 Å². The van der Waals surface area contributed by atoms with Crippen LogP contribution in [0.25, 0.3) is 0 Å². The third-order valence-electron chi connectivity index (χ3n) is 4.21. The number of amides is 1. The third kappa shape index (κ3) is 4.02. The fourth-order valence-corrected chi connectivity index (χ4v) is 5.15. The normalized spacial score (nSPS) is 14.9. The molecule has 1 aliphatic rings. The largest absolute Gasteiger partial charge is 0.465 e. The summed E-state index contributed by atoms with van der Waals surface area (Å²) in [7, 11) is -2.24. The highest BCUT2D eigenvalue weighted by Crippen LogP contribution is 2.24. The monoisotopic (exact) mass is 409 g/mol. The molecule has 2 aromatic rings. The summed E-state index contributed by atoms with van der Waals surface area (Å²) in [5.74, 6) is -0.952. The average Bonchev–Trinajstić information content (AvgIpc) is 3.31. The van der Waals surface area contributed by atoms with Crippen LogP contribution in [-0.2, 0) is 14.8 Å². The molecule has 0 saturated carbocycles.